The van der Waals surface area contributed by atoms with Gasteiger partial charge in [-0.1, -0.05) is 36.4 Å². The Labute approximate surface area is 135 Å². The zero-order valence-corrected chi connectivity index (χ0v) is 12.3. The summed E-state index contributed by atoms with van der Waals surface area (Å²) in [5.41, 5.74) is 1.63. The van der Waals surface area contributed by atoms with Crippen LogP contribution in [0.25, 0.3) is 11.3 Å². The predicted molar refractivity (Wildman–Crippen MR) is 82.2 cm³/mol. The highest BCUT2D eigenvalue weighted by Crippen LogP contribution is 2.29. The first-order valence-corrected chi connectivity index (χ1v) is 6.91. The maximum absolute atomic E-state index is 11.0. The molecule has 0 spiro atoms. The molecule has 0 aliphatic rings. The molecule has 0 aliphatic heterocycles. The molecule has 24 heavy (non-hydrogen) atoms. The summed E-state index contributed by atoms with van der Waals surface area (Å²) in [6.45, 7) is 0.344. The maximum atomic E-state index is 11.0. The number of rotatable bonds is 5. The van der Waals surface area contributed by atoms with Crippen LogP contribution in [-0.2, 0) is 6.54 Å². The van der Waals surface area contributed by atoms with Crippen LogP contribution in [0.4, 0.5) is 11.6 Å². The first kappa shape index (κ1) is 15.3. The zero-order chi connectivity index (χ0) is 16.9. The van der Waals surface area contributed by atoms with Crippen molar-refractivity contribution in [2.24, 2.45) is 10.4 Å². The van der Waals surface area contributed by atoms with E-state index in [9.17, 15) is 15.3 Å². The fraction of sp³-hybridized carbons (Fsp3) is 0.0667. The molecule has 0 saturated carbocycles. The van der Waals surface area contributed by atoms with Crippen LogP contribution in [0.3, 0.4) is 0 Å². The summed E-state index contributed by atoms with van der Waals surface area (Å²) < 4.78 is 6.52. The molecule has 0 atom stereocenters. The van der Waals surface area contributed by atoms with Crippen LogP contribution in [0.5, 0.6) is 0 Å². The molecule has 0 amide bonds. The lowest BCUT2D eigenvalue weighted by molar-refractivity contribution is -0.745. The topological polar surface area (TPSA) is 121 Å². The molecule has 0 saturated heterocycles. The van der Waals surface area contributed by atoms with Gasteiger partial charge in [-0.2, -0.15) is 0 Å². The Bertz CT molecular complexity index is 892. The van der Waals surface area contributed by atoms with Gasteiger partial charge < -0.3 is 5.21 Å². The third-order valence-electron chi connectivity index (χ3n) is 3.32. The predicted octanol–water partition coefficient (Wildman–Crippen LogP) is 3.17. The molecule has 0 aliphatic carbocycles. The van der Waals surface area contributed by atoms with Crippen LogP contribution in [0.1, 0.15) is 5.56 Å². The lowest BCUT2D eigenvalue weighted by Gasteiger charge is -1.98. The molecule has 120 valence electrons. The third-order valence-corrected chi connectivity index (χ3v) is 3.32. The average Bonchev–Trinajstić information content (AvgIpc) is 2.98. The molecule has 2 aromatic carbocycles. The van der Waals surface area contributed by atoms with Crippen molar-refractivity contribution >= 4 is 11.6 Å². The molecule has 1 aromatic heterocycles. The molecule has 3 rings (SSSR count). The second-order valence-corrected chi connectivity index (χ2v) is 4.86. The van der Waals surface area contributed by atoms with Gasteiger partial charge in [0.15, 0.2) is 0 Å². The smallest absolute Gasteiger partial charge is 0.347 e. The van der Waals surface area contributed by atoms with Crippen molar-refractivity contribution < 1.29 is 14.1 Å². The Hall–Kier alpha value is -3.62. The quantitative estimate of drug-likeness (QED) is 0.309. The normalized spacial score (nSPS) is 11.0. The Kier molecular flexibility index (Phi) is 4.23. The van der Waals surface area contributed by atoms with Gasteiger partial charge in [0.2, 0.25) is 11.8 Å². The van der Waals surface area contributed by atoms with Crippen molar-refractivity contribution in [2.45, 2.75) is 6.54 Å². The summed E-state index contributed by atoms with van der Waals surface area (Å²) >= 11 is 0. The van der Waals surface area contributed by atoms with Gasteiger partial charge in [0, 0.05) is 17.7 Å². The van der Waals surface area contributed by atoms with Crippen molar-refractivity contribution in [3.8, 4) is 11.3 Å². The minimum atomic E-state index is -0.507. The van der Waals surface area contributed by atoms with Gasteiger partial charge in [-0.25, -0.2) is 5.28 Å². The number of nitrogens with zero attached hydrogens (tertiary/aromatic N) is 5. The highest BCUT2D eigenvalue weighted by atomic mass is 16.6. The highest BCUT2D eigenvalue weighted by molar-refractivity contribution is 5.67. The molecule has 9 heteroatoms. The van der Waals surface area contributed by atoms with Crippen LogP contribution in [-0.4, -0.2) is 10.2 Å². The second kappa shape index (κ2) is 6.65. The van der Waals surface area contributed by atoms with Gasteiger partial charge in [0.05, 0.1) is 10.5 Å². The molecular formula is C15H11N5O4. The van der Waals surface area contributed by atoms with Crippen molar-refractivity contribution in [3.63, 3.8) is 0 Å². The Balaban J connectivity index is 2.09. The lowest BCUT2D eigenvalue weighted by atomic mass is 10.1. The van der Waals surface area contributed by atoms with Crippen LogP contribution >= 0.6 is 0 Å². The van der Waals surface area contributed by atoms with Crippen molar-refractivity contribution in [2.75, 3.05) is 0 Å². The van der Waals surface area contributed by atoms with Crippen LogP contribution < -0.4 is 4.68 Å². The Morgan fingerprint density at radius 3 is 2.67 bits per heavy atom. The van der Waals surface area contributed by atoms with E-state index >= 15 is 0 Å². The molecule has 1 heterocycles. The van der Waals surface area contributed by atoms with Crippen molar-refractivity contribution in [1.29, 1.82) is 0 Å². The maximum Gasteiger partial charge on any atom is 0.347 e. The fourth-order valence-electron chi connectivity index (χ4n) is 2.29. The zero-order valence-electron chi connectivity index (χ0n) is 12.3. The molecular weight excluding hydrogens is 314 g/mol. The number of nitro groups is 1. The highest BCUT2D eigenvalue weighted by Gasteiger charge is 2.28. The van der Waals surface area contributed by atoms with E-state index in [2.05, 4.69) is 15.7 Å². The number of nitro benzene ring substituents is 1. The molecule has 9 nitrogen and oxygen atoms in total. The van der Waals surface area contributed by atoms with Gasteiger partial charge in [0.25, 0.3) is 5.69 Å². The molecule has 3 aromatic rings. The number of hydrogen-bond donors (Lipinski definition) is 0. The van der Waals surface area contributed by atoms with E-state index in [-0.39, 0.29) is 11.6 Å². The summed E-state index contributed by atoms with van der Waals surface area (Å²) in [5, 5.41) is 31.1. The van der Waals surface area contributed by atoms with Gasteiger partial charge in [-0.3, -0.25) is 14.6 Å². The monoisotopic (exact) mass is 325 g/mol. The van der Waals surface area contributed by atoms with E-state index in [1.807, 2.05) is 30.3 Å². The standard InChI is InChI=1S/C15H11N5O4/c21-17-16-15-14(12-7-4-8-13(9-12)20(22)23)19(18-24-15)10-11-5-2-1-3-6-11/h1-9H,10H2. The molecule has 0 radical (unpaired) electrons. The second-order valence-electron chi connectivity index (χ2n) is 4.86. The van der Waals surface area contributed by atoms with E-state index in [1.54, 1.807) is 6.07 Å². The summed E-state index contributed by atoms with van der Waals surface area (Å²) in [6.07, 6.45) is 0. The summed E-state index contributed by atoms with van der Waals surface area (Å²) in [4.78, 5) is 10.5. The van der Waals surface area contributed by atoms with Crippen molar-refractivity contribution in [1.82, 2.24) is 5.27 Å². The van der Waals surface area contributed by atoms with E-state index < -0.39 is 4.92 Å². The van der Waals surface area contributed by atoms with Gasteiger partial charge in [-0.05, 0) is 10.7 Å². The van der Waals surface area contributed by atoms with Gasteiger partial charge >= 0.3 is 11.6 Å². The summed E-state index contributed by atoms with van der Waals surface area (Å²) in [7, 11) is 0. The van der Waals surface area contributed by atoms with Crippen LogP contribution in [0, 0.1) is 15.3 Å². The largest absolute Gasteiger partial charge is 0.775 e. The van der Waals surface area contributed by atoms with E-state index in [4.69, 9.17) is 4.52 Å². The average molecular weight is 325 g/mol. The van der Waals surface area contributed by atoms with E-state index in [0.29, 0.717) is 17.8 Å². The van der Waals surface area contributed by atoms with Crippen molar-refractivity contribution in [3.05, 3.63) is 75.5 Å². The summed E-state index contributed by atoms with van der Waals surface area (Å²) in [6, 6.07) is 15.3. The number of hydrogen-bond acceptors (Lipinski definition) is 7. The van der Waals surface area contributed by atoms with Crippen LogP contribution in [0.2, 0.25) is 0 Å². The van der Waals surface area contributed by atoms with Gasteiger partial charge in [-0.15, -0.1) is 5.11 Å². The van der Waals surface area contributed by atoms with E-state index in [0.717, 1.165) is 5.56 Å². The Morgan fingerprint density at radius 1 is 1.17 bits per heavy atom. The number of aromatic nitrogens is 2. The Morgan fingerprint density at radius 2 is 1.96 bits per heavy atom. The van der Waals surface area contributed by atoms with E-state index in [1.165, 1.54) is 22.9 Å². The lowest BCUT2D eigenvalue weighted by Crippen LogP contribution is -2.38. The minimum Gasteiger partial charge on any atom is -0.775 e. The third kappa shape index (κ3) is 3.09. The minimum absolute atomic E-state index is 0.0926. The van der Waals surface area contributed by atoms with Gasteiger partial charge in [0.1, 0.15) is 0 Å². The number of non-ortho nitro benzene ring substituents is 1. The first-order chi connectivity index (χ1) is 11.7. The summed E-state index contributed by atoms with van der Waals surface area (Å²) in [5.74, 6) is -0.110. The molecule has 0 unspecified atom stereocenters. The number of benzene rings is 2. The molecule has 0 fully saturated rings. The molecule has 0 N–H and O–H groups in total. The first-order valence-electron chi connectivity index (χ1n) is 6.91. The molecule has 0 bridgehead atoms. The SMILES string of the molecule is O=[N+]([O-])c1cccc(-c2c(N=N[O-])on[n+]2Cc2ccccc2)c1. The fourth-order valence-corrected chi connectivity index (χ4v) is 2.29. The van der Waals surface area contributed by atoms with Crippen LogP contribution in [0.15, 0.2) is 69.5 Å².